The van der Waals surface area contributed by atoms with Gasteiger partial charge < -0.3 is 0 Å². The van der Waals surface area contributed by atoms with Gasteiger partial charge in [-0.25, -0.2) is 8.78 Å². The van der Waals surface area contributed by atoms with Gasteiger partial charge in [0.2, 0.25) is 0 Å². The van der Waals surface area contributed by atoms with Gasteiger partial charge in [0.05, 0.1) is 0 Å². The van der Waals surface area contributed by atoms with Crippen LogP contribution in [0, 0.1) is 11.6 Å². The van der Waals surface area contributed by atoms with Gasteiger partial charge in [-0.3, -0.25) is 4.79 Å². The SMILES string of the molecule is O=C(Cc1c(Cl)cccc1Cl)c1cc(F)cc(F)c1. The van der Waals surface area contributed by atoms with Crippen molar-refractivity contribution >= 4 is 29.0 Å². The molecule has 0 aliphatic carbocycles. The number of ketones is 1. The highest BCUT2D eigenvalue weighted by Crippen LogP contribution is 2.25. The molecule has 2 aromatic carbocycles. The standard InChI is InChI=1S/C14H8Cl2F2O/c15-12-2-1-3-13(16)11(12)7-14(19)8-4-9(17)6-10(18)5-8/h1-6H,7H2. The van der Waals surface area contributed by atoms with Crippen molar-refractivity contribution < 1.29 is 13.6 Å². The summed E-state index contributed by atoms with van der Waals surface area (Å²) in [6, 6.07) is 7.52. The molecule has 2 aromatic rings. The van der Waals surface area contributed by atoms with Crippen LogP contribution in [-0.4, -0.2) is 5.78 Å². The summed E-state index contributed by atoms with van der Waals surface area (Å²) in [4.78, 5) is 12.0. The van der Waals surface area contributed by atoms with Gasteiger partial charge in [0.25, 0.3) is 0 Å². The Morgan fingerprint density at radius 1 is 1.00 bits per heavy atom. The molecule has 0 aromatic heterocycles. The van der Waals surface area contributed by atoms with Crippen molar-refractivity contribution in [3.8, 4) is 0 Å². The molecule has 0 saturated heterocycles. The van der Waals surface area contributed by atoms with Crippen LogP contribution in [0.4, 0.5) is 8.78 Å². The minimum absolute atomic E-state index is 0.0477. The Labute approximate surface area is 118 Å². The molecule has 2 rings (SSSR count). The first kappa shape index (κ1) is 14.0. The molecule has 0 spiro atoms. The first-order valence-corrected chi connectivity index (χ1v) is 6.15. The van der Waals surface area contributed by atoms with E-state index in [2.05, 4.69) is 0 Å². The van der Waals surface area contributed by atoms with E-state index < -0.39 is 17.4 Å². The van der Waals surface area contributed by atoms with Crippen LogP contribution in [0.5, 0.6) is 0 Å². The van der Waals surface area contributed by atoms with Crippen LogP contribution in [0.15, 0.2) is 36.4 Å². The number of hydrogen-bond acceptors (Lipinski definition) is 1. The fourth-order valence-electron chi connectivity index (χ4n) is 1.68. The molecule has 0 saturated carbocycles. The van der Waals surface area contributed by atoms with Gasteiger partial charge in [-0.15, -0.1) is 0 Å². The van der Waals surface area contributed by atoms with Crippen molar-refractivity contribution in [2.45, 2.75) is 6.42 Å². The Hall–Kier alpha value is -1.45. The molecule has 98 valence electrons. The van der Waals surface area contributed by atoms with Gasteiger partial charge in [0.15, 0.2) is 5.78 Å². The van der Waals surface area contributed by atoms with Crippen LogP contribution in [0.3, 0.4) is 0 Å². The molecule has 0 aliphatic heterocycles. The lowest BCUT2D eigenvalue weighted by atomic mass is 10.0. The predicted molar refractivity (Wildman–Crippen MR) is 70.9 cm³/mol. The average Bonchev–Trinajstić information content (AvgIpc) is 2.32. The summed E-state index contributed by atoms with van der Waals surface area (Å²) in [6.07, 6.45) is -0.110. The highest BCUT2D eigenvalue weighted by molar-refractivity contribution is 6.36. The third kappa shape index (κ3) is 3.31. The zero-order valence-electron chi connectivity index (χ0n) is 9.59. The Bertz CT molecular complexity index is 601. The lowest BCUT2D eigenvalue weighted by Gasteiger charge is -2.06. The molecule has 0 fully saturated rings. The molecule has 5 heteroatoms. The summed E-state index contributed by atoms with van der Waals surface area (Å²) >= 11 is 11.9. The van der Waals surface area contributed by atoms with E-state index in [0.29, 0.717) is 21.7 Å². The van der Waals surface area contributed by atoms with Crippen LogP contribution >= 0.6 is 23.2 Å². The second-order valence-electron chi connectivity index (χ2n) is 3.96. The van der Waals surface area contributed by atoms with Gasteiger partial charge in [-0.2, -0.15) is 0 Å². The minimum atomic E-state index is -0.798. The van der Waals surface area contributed by atoms with E-state index in [1.807, 2.05) is 0 Å². The van der Waals surface area contributed by atoms with E-state index >= 15 is 0 Å². The van der Waals surface area contributed by atoms with Crippen molar-refractivity contribution in [2.24, 2.45) is 0 Å². The first-order chi connectivity index (χ1) is 8.97. The Morgan fingerprint density at radius 3 is 2.05 bits per heavy atom. The lowest BCUT2D eigenvalue weighted by Crippen LogP contribution is -2.05. The number of Topliss-reactive ketones (excluding diaryl/α,β-unsaturated/α-hetero) is 1. The smallest absolute Gasteiger partial charge is 0.167 e. The maximum absolute atomic E-state index is 13.0. The number of hydrogen-bond donors (Lipinski definition) is 0. The molecule has 19 heavy (non-hydrogen) atoms. The molecule has 0 aliphatic rings. The van der Waals surface area contributed by atoms with Crippen molar-refractivity contribution in [3.05, 3.63) is 69.2 Å². The molecule has 0 unspecified atom stereocenters. The number of benzene rings is 2. The molecule has 0 amide bonds. The monoisotopic (exact) mass is 300 g/mol. The average molecular weight is 301 g/mol. The molecule has 0 heterocycles. The third-order valence-electron chi connectivity index (χ3n) is 2.58. The summed E-state index contributed by atoms with van der Waals surface area (Å²) in [5, 5.41) is 0.690. The topological polar surface area (TPSA) is 17.1 Å². The van der Waals surface area contributed by atoms with E-state index in [9.17, 15) is 13.6 Å². The van der Waals surface area contributed by atoms with E-state index in [4.69, 9.17) is 23.2 Å². The van der Waals surface area contributed by atoms with Crippen LogP contribution in [0.25, 0.3) is 0 Å². The van der Waals surface area contributed by atoms with Crippen molar-refractivity contribution in [1.82, 2.24) is 0 Å². The molecular weight excluding hydrogens is 293 g/mol. The van der Waals surface area contributed by atoms with E-state index in [1.54, 1.807) is 18.2 Å². The highest BCUT2D eigenvalue weighted by atomic mass is 35.5. The van der Waals surface area contributed by atoms with Crippen LogP contribution < -0.4 is 0 Å². The number of carbonyl (C=O) groups excluding carboxylic acids is 1. The normalized spacial score (nSPS) is 10.5. The fraction of sp³-hybridized carbons (Fsp3) is 0.0714. The quantitative estimate of drug-likeness (QED) is 0.751. The predicted octanol–water partition coefficient (Wildman–Crippen LogP) is 4.70. The molecule has 0 bridgehead atoms. The maximum atomic E-state index is 13.0. The summed E-state index contributed by atoms with van der Waals surface area (Å²) in [7, 11) is 0. The van der Waals surface area contributed by atoms with Gasteiger partial charge >= 0.3 is 0 Å². The van der Waals surface area contributed by atoms with E-state index in [-0.39, 0.29) is 12.0 Å². The van der Waals surface area contributed by atoms with Crippen LogP contribution in [0.2, 0.25) is 10.0 Å². The zero-order chi connectivity index (χ0) is 14.0. The molecule has 0 radical (unpaired) electrons. The Morgan fingerprint density at radius 2 is 1.53 bits per heavy atom. The minimum Gasteiger partial charge on any atom is -0.294 e. The first-order valence-electron chi connectivity index (χ1n) is 5.39. The summed E-state index contributed by atoms with van der Waals surface area (Å²) in [5.74, 6) is -2.05. The van der Waals surface area contributed by atoms with Gasteiger partial charge in [-0.1, -0.05) is 29.3 Å². The van der Waals surface area contributed by atoms with Crippen LogP contribution in [-0.2, 0) is 6.42 Å². The largest absolute Gasteiger partial charge is 0.294 e. The Balaban J connectivity index is 2.31. The second-order valence-corrected chi connectivity index (χ2v) is 4.77. The Kier molecular flexibility index (Phi) is 4.17. The molecule has 0 atom stereocenters. The molecular formula is C14H8Cl2F2O. The summed E-state index contributed by atoms with van der Waals surface area (Å²) < 4.78 is 26.1. The van der Waals surface area contributed by atoms with Crippen molar-refractivity contribution in [3.63, 3.8) is 0 Å². The third-order valence-corrected chi connectivity index (χ3v) is 3.29. The van der Waals surface area contributed by atoms with Gasteiger partial charge in [-0.05, 0) is 29.8 Å². The number of carbonyl (C=O) groups is 1. The van der Waals surface area contributed by atoms with E-state index in [0.717, 1.165) is 12.1 Å². The van der Waals surface area contributed by atoms with Crippen molar-refractivity contribution in [2.75, 3.05) is 0 Å². The van der Waals surface area contributed by atoms with E-state index in [1.165, 1.54) is 0 Å². The van der Waals surface area contributed by atoms with Crippen molar-refractivity contribution in [1.29, 1.82) is 0 Å². The number of rotatable bonds is 3. The van der Waals surface area contributed by atoms with Gasteiger partial charge in [0.1, 0.15) is 11.6 Å². The molecule has 1 nitrogen and oxygen atoms in total. The zero-order valence-corrected chi connectivity index (χ0v) is 11.1. The highest BCUT2D eigenvalue weighted by Gasteiger charge is 2.14. The number of halogens is 4. The maximum Gasteiger partial charge on any atom is 0.167 e. The summed E-state index contributed by atoms with van der Waals surface area (Å²) in [5.41, 5.74) is 0.397. The molecule has 0 N–H and O–H groups in total. The lowest BCUT2D eigenvalue weighted by molar-refractivity contribution is 0.0992. The van der Waals surface area contributed by atoms with Crippen LogP contribution in [0.1, 0.15) is 15.9 Å². The second kappa shape index (κ2) is 5.68. The fourth-order valence-corrected chi connectivity index (χ4v) is 2.21. The van der Waals surface area contributed by atoms with Gasteiger partial charge in [0, 0.05) is 28.1 Å². The summed E-state index contributed by atoms with van der Waals surface area (Å²) in [6.45, 7) is 0.